The minimum absolute atomic E-state index is 0. The topological polar surface area (TPSA) is 35.8 Å². The van der Waals surface area contributed by atoms with Crippen LogP contribution in [0.1, 0.15) is 25.3 Å². The van der Waals surface area contributed by atoms with Gasteiger partial charge in [0.15, 0.2) is 5.75 Å². The second-order valence-electron chi connectivity index (χ2n) is 4.24. The third kappa shape index (κ3) is 3.01. The van der Waals surface area contributed by atoms with E-state index >= 15 is 0 Å². The van der Waals surface area contributed by atoms with Gasteiger partial charge in [0.05, 0.1) is 23.0 Å². The number of anilines is 1. The molecule has 1 aromatic rings. The van der Waals surface area contributed by atoms with Crippen LogP contribution in [0.15, 0.2) is 21.6 Å². The van der Waals surface area contributed by atoms with E-state index in [4.69, 9.17) is 0 Å². The zero-order valence-electron chi connectivity index (χ0n) is 9.85. The number of aliphatic imine (C=N–C) groups is 1. The monoisotopic (exact) mass is 362 g/mol. The molecule has 1 heterocycles. The van der Waals surface area contributed by atoms with Crippen LogP contribution in [0.5, 0.6) is 5.75 Å². The smallest absolute Gasteiger partial charge is 0.153 e. The van der Waals surface area contributed by atoms with Crippen LogP contribution in [0, 0.1) is 0 Å². The van der Waals surface area contributed by atoms with Gasteiger partial charge in [-0.05, 0) is 39.5 Å². The fourth-order valence-electron chi connectivity index (χ4n) is 1.72. The summed E-state index contributed by atoms with van der Waals surface area (Å²) >= 11 is 3.39. The van der Waals surface area contributed by atoms with Crippen molar-refractivity contribution in [1.29, 1.82) is 0 Å². The molecule has 0 saturated carbocycles. The van der Waals surface area contributed by atoms with Crippen LogP contribution in [0.25, 0.3) is 0 Å². The molecule has 1 aromatic carbocycles. The molecule has 94 valence electrons. The molecule has 0 aromatic heterocycles. The average Bonchev–Trinajstić information content (AvgIpc) is 2.74. The lowest BCUT2D eigenvalue weighted by atomic mass is 10.0. The molecule has 0 aliphatic carbocycles. The number of phenolic OH excluding ortho intramolecular Hbond substituents is 1. The maximum Gasteiger partial charge on any atom is 0.153 e. The molecule has 1 N–H and O–H groups in total. The highest BCUT2D eigenvalue weighted by molar-refractivity contribution is 9.10. The first kappa shape index (κ1) is 14.5. The van der Waals surface area contributed by atoms with Crippen molar-refractivity contribution in [3.05, 3.63) is 22.2 Å². The summed E-state index contributed by atoms with van der Waals surface area (Å²) in [7, 11) is 0. The molecule has 5 heteroatoms. The Balaban J connectivity index is 0.00000144. The fourth-order valence-corrected chi connectivity index (χ4v) is 2.19. The van der Waals surface area contributed by atoms with E-state index in [1.807, 2.05) is 17.0 Å². The van der Waals surface area contributed by atoms with E-state index in [1.54, 1.807) is 6.34 Å². The zero-order chi connectivity index (χ0) is 11.7. The van der Waals surface area contributed by atoms with Crippen LogP contribution in [-0.4, -0.2) is 24.5 Å². The molecule has 0 radical (unpaired) electrons. The molecule has 0 amide bonds. The predicted molar refractivity (Wildman–Crippen MR) is 80.9 cm³/mol. The molecule has 0 unspecified atom stereocenters. The van der Waals surface area contributed by atoms with E-state index < -0.39 is 0 Å². The Kier molecular flexibility index (Phi) is 5.01. The Morgan fingerprint density at radius 3 is 2.65 bits per heavy atom. The second kappa shape index (κ2) is 5.87. The third-order valence-corrected chi connectivity index (χ3v) is 3.34. The first-order valence-electron chi connectivity index (χ1n) is 5.38. The van der Waals surface area contributed by atoms with Crippen molar-refractivity contribution in [2.45, 2.75) is 19.8 Å². The van der Waals surface area contributed by atoms with Crippen molar-refractivity contribution in [1.82, 2.24) is 0 Å². The van der Waals surface area contributed by atoms with E-state index in [2.05, 4.69) is 34.8 Å². The van der Waals surface area contributed by atoms with Gasteiger partial charge in [-0.15, -0.1) is 17.0 Å². The Morgan fingerprint density at radius 2 is 2.12 bits per heavy atom. The lowest BCUT2D eigenvalue weighted by Gasteiger charge is -2.19. The van der Waals surface area contributed by atoms with Gasteiger partial charge in [-0.2, -0.15) is 0 Å². The Bertz CT molecular complexity index is 433. The van der Waals surface area contributed by atoms with Gasteiger partial charge in [-0.1, -0.05) is 13.8 Å². The van der Waals surface area contributed by atoms with E-state index in [0.717, 1.165) is 23.2 Å². The average molecular weight is 364 g/mol. The van der Waals surface area contributed by atoms with Crippen molar-refractivity contribution < 1.29 is 5.11 Å². The summed E-state index contributed by atoms with van der Waals surface area (Å²) in [6, 6.07) is 4.00. The lowest BCUT2D eigenvalue weighted by molar-refractivity contribution is 0.472. The molecule has 0 fully saturated rings. The van der Waals surface area contributed by atoms with Crippen LogP contribution in [-0.2, 0) is 0 Å². The van der Waals surface area contributed by atoms with Crippen LogP contribution in [0.3, 0.4) is 0 Å². The number of nitrogens with zero attached hydrogens (tertiary/aromatic N) is 2. The van der Waals surface area contributed by atoms with Gasteiger partial charge in [-0.3, -0.25) is 4.99 Å². The molecule has 1 aliphatic heterocycles. The first-order valence-corrected chi connectivity index (χ1v) is 6.18. The molecular weight excluding hydrogens is 348 g/mol. The first-order chi connectivity index (χ1) is 7.59. The normalized spacial score (nSPS) is 14.2. The summed E-state index contributed by atoms with van der Waals surface area (Å²) in [5.74, 6) is 0.730. The second-order valence-corrected chi connectivity index (χ2v) is 5.09. The van der Waals surface area contributed by atoms with Gasteiger partial charge < -0.3 is 10.0 Å². The Hall–Kier alpha value is -0.550. The summed E-state index contributed by atoms with van der Waals surface area (Å²) in [5, 5.41) is 10.0. The van der Waals surface area contributed by atoms with Gasteiger partial charge in [0, 0.05) is 6.54 Å². The van der Waals surface area contributed by atoms with E-state index in [9.17, 15) is 5.11 Å². The maximum absolute atomic E-state index is 10.0. The molecule has 1 aliphatic rings. The van der Waals surface area contributed by atoms with Crippen molar-refractivity contribution in [3.8, 4) is 5.75 Å². The van der Waals surface area contributed by atoms with Gasteiger partial charge >= 0.3 is 0 Å². The number of hydrogen-bond donors (Lipinski definition) is 1. The molecule has 2 rings (SSSR count). The maximum atomic E-state index is 10.0. The van der Waals surface area contributed by atoms with Crippen LogP contribution in [0.2, 0.25) is 0 Å². The van der Waals surface area contributed by atoms with E-state index in [-0.39, 0.29) is 22.7 Å². The highest BCUT2D eigenvalue weighted by Crippen LogP contribution is 2.37. The van der Waals surface area contributed by atoms with Gasteiger partial charge in [0.1, 0.15) is 0 Å². The number of rotatable bonds is 2. The number of aromatic hydroxyl groups is 1. The van der Waals surface area contributed by atoms with Crippen LogP contribution in [0.4, 0.5) is 5.69 Å². The number of benzene rings is 1. The molecule has 17 heavy (non-hydrogen) atoms. The minimum Gasteiger partial charge on any atom is -0.505 e. The Labute approximate surface area is 120 Å². The van der Waals surface area contributed by atoms with E-state index in [0.29, 0.717) is 5.92 Å². The van der Waals surface area contributed by atoms with Crippen LogP contribution >= 0.6 is 32.9 Å². The minimum atomic E-state index is 0. The van der Waals surface area contributed by atoms with E-state index in [1.165, 1.54) is 5.56 Å². The summed E-state index contributed by atoms with van der Waals surface area (Å²) < 4.78 is 0.744. The molecule has 0 bridgehead atoms. The molecule has 0 atom stereocenters. The van der Waals surface area contributed by atoms with Crippen LogP contribution < -0.4 is 4.90 Å². The molecular formula is C12H16Br2N2O. The zero-order valence-corrected chi connectivity index (χ0v) is 13.2. The highest BCUT2D eigenvalue weighted by Gasteiger charge is 2.16. The Morgan fingerprint density at radius 1 is 1.41 bits per heavy atom. The SMILES string of the molecule is Br.CC(C)c1cc(Br)c(O)c(N2C=NCC2)c1. The quantitative estimate of drug-likeness (QED) is 0.869. The molecule has 0 saturated heterocycles. The fraction of sp³-hybridized carbons (Fsp3) is 0.417. The standard InChI is InChI=1S/C12H15BrN2O.BrH/c1-8(2)9-5-10(13)12(16)11(6-9)15-4-3-14-7-15;/h5-8,16H,3-4H2,1-2H3;1H. The largest absolute Gasteiger partial charge is 0.505 e. The molecule has 0 spiro atoms. The summed E-state index contributed by atoms with van der Waals surface area (Å²) in [6.45, 7) is 5.91. The summed E-state index contributed by atoms with van der Waals surface area (Å²) in [5.41, 5.74) is 2.04. The third-order valence-electron chi connectivity index (χ3n) is 2.73. The highest BCUT2D eigenvalue weighted by atomic mass is 79.9. The van der Waals surface area contributed by atoms with Crippen molar-refractivity contribution in [3.63, 3.8) is 0 Å². The number of phenols is 1. The number of hydrogen-bond acceptors (Lipinski definition) is 3. The predicted octanol–water partition coefficient (Wildman–Crippen LogP) is 3.70. The lowest BCUT2D eigenvalue weighted by Crippen LogP contribution is -2.18. The number of halogens is 2. The summed E-state index contributed by atoms with van der Waals surface area (Å²) in [4.78, 5) is 6.14. The summed E-state index contributed by atoms with van der Waals surface area (Å²) in [6.07, 6.45) is 1.78. The van der Waals surface area contributed by atoms with Gasteiger partial charge in [0.2, 0.25) is 0 Å². The van der Waals surface area contributed by atoms with Crippen molar-refractivity contribution in [2.24, 2.45) is 4.99 Å². The van der Waals surface area contributed by atoms with Crippen molar-refractivity contribution in [2.75, 3.05) is 18.0 Å². The van der Waals surface area contributed by atoms with Crippen molar-refractivity contribution >= 4 is 44.9 Å². The molecule has 3 nitrogen and oxygen atoms in total. The van der Waals surface area contributed by atoms with Gasteiger partial charge in [0.25, 0.3) is 0 Å². The van der Waals surface area contributed by atoms with Gasteiger partial charge in [-0.25, -0.2) is 0 Å².